The van der Waals surface area contributed by atoms with Gasteiger partial charge in [0.15, 0.2) is 0 Å². The summed E-state index contributed by atoms with van der Waals surface area (Å²) in [6.45, 7) is 6.39. The molecule has 0 unspecified atom stereocenters. The van der Waals surface area contributed by atoms with E-state index in [1.54, 1.807) is 6.07 Å². The minimum absolute atomic E-state index is 0.369. The Labute approximate surface area is 127 Å². The molecule has 1 aliphatic rings. The SMILES string of the molecule is CCN(c1c(Br)ccc(C(=O)O)c1C)C1CCOCC1. The van der Waals surface area contributed by atoms with Crippen molar-refractivity contribution in [1.29, 1.82) is 0 Å². The first-order chi connectivity index (χ1) is 9.56. The van der Waals surface area contributed by atoms with Crippen LogP contribution in [0.4, 0.5) is 5.69 Å². The molecule has 0 aliphatic carbocycles. The average Bonchev–Trinajstić information content (AvgIpc) is 2.44. The van der Waals surface area contributed by atoms with Gasteiger partial charge in [-0.15, -0.1) is 0 Å². The summed E-state index contributed by atoms with van der Waals surface area (Å²) in [6.07, 6.45) is 1.97. The predicted molar refractivity (Wildman–Crippen MR) is 82.7 cm³/mol. The van der Waals surface area contributed by atoms with Crippen molar-refractivity contribution in [2.24, 2.45) is 0 Å². The van der Waals surface area contributed by atoms with Crippen LogP contribution in [-0.2, 0) is 4.74 Å². The van der Waals surface area contributed by atoms with Crippen LogP contribution in [0, 0.1) is 6.92 Å². The third-order valence-corrected chi connectivity index (χ3v) is 4.51. The van der Waals surface area contributed by atoms with E-state index in [1.807, 2.05) is 13.0 Å². The largest absolute Gasteiger partial charge is 0.478 e. The van der Waals surface area contributed by atoms with Crippen LogP contribution in [0.5, 0.6) is 0 Å². The summed E-state index contributed by atoms with van der Waals surface area (Å²) in [6, 6.07) is 3.89. The fourth-order valence-electron chi connectivity index (χ4n) is 2.85. The van der Waals surface area contributed by atoms with Gasteiger partial charge in [0, 0.05) is 30.3 Å². The van der Waals surface area contributed by atoms with Crippen molar-refractivity contribution in [2.45, 2.75) is 32.7 Å². The Balaban J connectivity index is 2.42. The number of carbonyl (C=O) groups is 1. The second-order valence-electron chi connectivity index (χ2n) is 5.00. The van der Waals surface area contributed by atoms with Crippen molar-refractivity contribution in [2.75, 3.05) is 24.7 Å². The molecule has 1 aromatic carbocycles. The Morgan fingerprint density at radius 1 is 1.45 bits per heavy atom. The van der Waals surface area contributed by atoms with Gasteiger partial charge in [-0.2, -0.15) is 0 Å². The van der Waals surface area contributed by atoms with Gasteiger partial charge in [-0.05, 0) is 60.3 Å². The van der Waals surface area contributed by atoms with Crippen LogP contribution in [0.3, 0.4) is 0 Å². The lowest BCUT2D eigenvalue weighted by Gasteiger charge is -2.37. The van der Waals surface area contributed by atoms with Gasteiger partial charge in [0.25, 0.3) is 0 Å². The molecule has 1 heterocycles. The van der Waals surface area contributed by atoms with E-state index in [0.717, 1.165) is 48.3 Å². The standard InChI is InChI=1S/C15H20BrNO3/c1-3-17(11-6-8-20-9-7-11)14-10(2)12(15(18)19)4-5-13(14)16/h4-5,11H,3,6-9H2,1-2H3,(H,18,19). The zero-order valence-corrected chi connectivity index (χ0v) is 13.4. The van der Waals surface area contributed by atoms with E-state index in [4.69, 9.17) is 4.74 Å². The zero-order valence-electron chi connectivity index (χ0n) is 11.9. The molecule has 1 aliphatic heterocycles. The quantitative estimate of drug-likeness (QED) is 0.910. The van der Waals surface area contributed by atoms with E-state index in [2.05, 4.69) is 27.8 Å². The lowest BCUT2D eigenvalue weighted by Crippen LogP contribution is -2.40. The Morgan fingerprint density at radius 3 is 2.65 bits per heavy atom. The topological polar surface area (TPSA) is 49.8 Å². The van der Waals surface area contributed by atoms with Crippen molar-refractivity contribution in [1.82, 2.24) is 0 Å². The molecule has 4 nitrogen and oxygen atoms in total. The van der Waals surface area contributed by atoms with Crippen LogP contribution >= 0.6 is 15.9 Å². The number of hydrogen-bond acceptors (Lipinski definition) is 3. The van der Waals surface area contributed by atoms with Crippen molar-refractivity contribution < 1.29 is 14.6 Å². The highest BCUT2D eigenvalue weighted by Crippen LogP contribution is 2.35. The molecular formula is C15H20BrNO3. The Morgan fingerprint density at radius 2 is 2.10 bits per heavy atom. The number of rotatable bonds is 4. The van der Waals surface area contributed by atoms with Gasteiger partial charge in [0.1, 0.15) is 0 Å². The summed E-state index contributed by atoms with van der Waals surface area (Å²) < 4.78 is 6.37. The fraction of sp³-hybridized carbons (Fsp3) is 0.533. The Kier molecular flexibility index (Phi) is 5.05. The highest BCUT2D eigenvalue weighted by molar-refractivity contribution is 9.10. The number of nitrogens with zero attached hydrogens (tertiary/aromatic N) is 1. The molecule has 5 heteroatoms. The second-order valence-corrected chi connectivity index (χ2v) is 5.86. The van der Waals surface area contributed by atoms with Crippen LogP contribution in [-0.4, -0.2) is 36.9 Å². The minimum Gasteiger partial charge on any atom is -0.478 e. The van der Waals surface area contributed by atoms with Crippen LogP contribution in [0.15, 0.2) is 16.6 Å². The average molecular weight is 342 g/mol. The van der Waals surface area contributed by atoms with Crippen molar-refractivity contribution in [3.63, 3.8) is 0 Å². The number of halogens is 1. The molecule has 2 rings (SSSR count). The number of aromatic carboxylic acids is 1. The summed E-state index contributed by atoms with van der Waals surface area (Å²) in [7, 11) is 0. The molecule has 1 saturated heterocycles. The molecule has 0 bridgehead atoms. The molecule has 0 spiro atoms. The van der Waals surface area contributed by atoms with Crippen LogP contribution in [0.2, 0.25) is 0 Å². The summed E-state index contributed by atoms with van der Waals surface area (Å²) in [4.78, 5) is 13.6. The van der Waals surface area contributed by atoms with Crippen LogP contribution in [0.25, 0.3) is 0 Å². The maximum absolute atomic E-state index is 11.3. The van der Waals surface area contributed by atoms with Gasteiger partial charge < -0.3 is 14.7 Å². The first-order valence-corrected chi connectivity index (χ1v) is 7.72. The molecule has 1 fully saturated rings. The molecule has 20 heavy (non-hydrogen) atoms. The van der Waals surface area contributed by atoms with Gasteiger partial charge in [-0.3, -0.25) is 0 Å². The molecule has 1 aromatic rings. The van der Waals surface area contributed by atoms with Gasteiger partial charge in [-0.1, -0.05) is 0 Å². The lowest BCUT2D eigenvalue weighted by atomic mass is 10.0. The molecule has 0 aromatic heterocycles. The van der Waals surface area contributed by atoms with Gasteiger partial charge in [0.05, 0.1) is 11.3 Å². The van der Waals surface area contributed by atoms with Crippen molar-refractivity contribution in [3.05, 3.63) is 27.7 Å². The third kappa shape index (κ3) is 2.99. The van der Waals surface area contributed by atoms with E-state index < -0.39 is 5.97 Å². The van der Waals surface area contributed by atoms with E-state index in [0.29, 0.717) is 11.6 Å². The molecule has 0 amide bonds. The van der Waals surface area contributed by atoms with Gasteiger partial charge in [-0.25, -0.2) is 4.79 Å². The minimum atomic E-state index is -0.876. The summed E-state index contributed by atoms with van der Waals surface area (Å²) in [5.41, 5.74) is 2.19. The van der Waals surface area contributed by atoms with Crippen LogP contribution < -0.4 is 4.90 Å². The van der Waals surface area contributed by atoms with E-state index in [1.165, 1.54) is 0 Å². The summed E-state index contributed by atoms with van der Waals surface area (Å²) in [5.74, 6) is -0.876. The smallest absolute Gasteiger partial charge is 0.336 e. The molecular weight excluding hydrogens is 322 g/mol. The maximum Gasteiger partial charge on any atom is 0.336 e. The summed E-state index contributed by atoms with van der Waals surface area (Å²) in [5, 5.41) is 9.29. The predicted octanol–water partition coefficient (Wildman–Crippen LogP) is 3.46. The number of carboxylic acids is 1. The summed E-state index contributed by atoms with van der Waals surface area (Å²) >= 11 is 3.57. The van der Waals surface area contributed by atoms with E-state index >= 15 is 0 Å². The monoisotopic (exact) mass is 341 g/mol. The van der Waals surface area contributed by atoms with Crippen molar-refractivity contribution >= 4 is 27.6 Å². The molecule has 0 radical (unpaired) electrons. The Hall–Kier alpha value is -1.07. The van der Waals surface area contributed by atoms with Gasteiger partial charge >= 0.3 is 5.97 Å². The highest BCUT2D eigenvalue weighted by atomic mass is 79.9. The van der Waals surface area contributed by atoms with Gasteiger partial charge in [0.2, 0.25) is 0 Å². The number of ether oxygens (including phenoxy) is 1. The Bertz CT molecular complexity index is 498. The number of benzene rings is 1. The fourth-order valence-corrected chi connectivity index (χ4v) is 3.50. The number of carboxylic acid groups (broad SMARTS) is 1. The third-order valence-electron chi connectivity index (χ3n) is 3.87. The van der Waals surface area contributed by atoms with Crippen LogP contribution in [0.1, 0.15) is 35.7 Å². The normalized spacial score (nSPS) is 16.1. The first-order valence-electron chi connectivity index (χ1n) is 6.93. The molecule has 0 atom stereocenters. The van der Waals surface area contributed by atoms with Crippen molar-refractivity contribution in [3.8, 4) is 0 Å². The molecule has 1 N–H and O–H groups in total. The number of anilines is 1. The molecule has 0 saturated carbocycles. The maximum atomic E-state index is 11.3. The number of hydrogen-bond donors (Lipinski definition) is 1. The molecule has 110 valence electrons. The lowest BCUT2D eigenvalue weighted by molar-refractivity contribution is 0.0695. The van der Waals surface area contributed by atoms with E-state index in [9.17, 15) is 9.90 Å². The van der Waals surface area contributed by atoms with E-state index in [-0.39, 0.29) is 0 Å². The zero-order chi connectivity index (χ0) is 14.7. The second kappa shape index (κ2) is 6.59. The highest BCUT2D eigenvalue weighted by Gasteiger charge is 2.25. The first kappa shape index (κ1) is 15.3.